The Hall–Kier alpha value is -1.78. The molecule has 0 saturated heterocycles. The lowest BCUT2D eigenvalue weighted by atomic mass is 9.96. The summed E-state index contributed by atoms with van der Waals surface area (Å²) in [5.74, 6) is 1.40. The molecule has 5 nitrogen and oxygen atoms in total. The molecule has 1 aliphatic carbocycles. The van der Waals surface area contributed by atoms with Crippen LogP contribution in [0.3, 0.4) is 0 Å². The second-order valence-corrected chi connectivity index (χ2v) is 5.73. The van der Waals surface area contributed by atoms with Gasteiger partial charge in [-0.2, -0.15) is 0 Å². The molecule has 1 saturated carbocycles. The molecule has 0 aromatic carbocycles. The second kappa shape index (κ2) is 7.29. The van der Waals surface area contributed by atoms with E-state index in [1.54, 1.807) is 7.11 Å². The predicted octanol–water partition coefficient (Wildman–Crippen LogP) is 2.44. The maximum absolute atomic E-state index is 5.98. The van der Waals surface area contributed by atoms with E-state index in [1.165, 1.54) is 32.1 Å². The molecule has 0 spiro atoms. The van der Waals surface area contributed by atoms with Crippen molar-refractivity contribution in [1.29, 1.82) is 0 Å². The molecule has 2 rings (SSSR count). The topological polar surface area (TPSA) is 72.5 Å². The molecule has 1 fully saturated rings. The second-order valence-electron chi connectivity index (χ2n) is 5.73. The zero-order valence-corrected chi connectivity index (χ0v) is 13.3. The van der Waals surface area contributed by atoms with Crippen LogP contribution in [0.5, 0.6) is 5.75 Å². The first-order chi connectivity index (χ1) is 10.1. The van der Waals surface area contributed by atoms with Gasteiger partial charge in [0.2, 0.25) is 0 Å². The molecule has 0 bridgehead atoms. The van der Waals surface area contributed by atoms with Crippen molar-refractivity contribution < 1.29 is 4.74 Å². The van der Waals surface area contributed by atoms with E-state index in [4.69, 9.17) is 10.5 Å². The van der Waals surface area contributed by atoms with Crippen LogP contribution in [0.25, 0.3) is 0 Å². The highest BCUT2D eigenvalue weighted by molar-refractivity contribution is 5.78. The quantitative estimate of drug-likeness (QED) is 0.660. The summed E-state index contributed by atoms with van der Waals surface area (Å²) in [6, 6.07) is 0.476. The fourth-order valence-corrected chi connectivity index (χ4v) is 2.89. The summed E-state index contributed by atoms with van der Waals surface area (Å²) in [6.45, 7) is 4.48. The Bertz CT molecular complexity index is 507. The lowest BCUT2D eigenvalue weighted by molar-refractivity contribution is 0.406. The van der Waals surface area contributed by atoms with Crippen LogP contribution in [-0.2, 0) is 6.54 Å². The molecule has 0 radical (unpaired) electrons. The third-order valence-corrected chi connectivity index (χ3v) is 4.11. The first kappa shape index (κ1) is 15.6. The van der Waals surface area contributed by atoms with E-state index in [1.807, 2.05) is 20.0 Å². The van der Waals surface area contributed by atoms with E-state index >= 15 is 0 Å². The standard InChI is InChI=1S/C16H26N4O/c1-11-9-18-14(12(2)15(11)21-3)10-19-16(17)20-13-7-5-4-6-8-13/h9,13H,4-8,10H2,1-3H3,(H3,17,19,20). The van der Waals surface area contributed by atoms with Crippen molar-refractivity contribution in [2.45, 2.75) is 58.5 Å². The number of aryl methyl sites for hydroxylation is 1. The Morgan fingerprint density at radius 1 is 1.38 bits per heavy atom. The fourth-order valence-electron chi connectivity index (χ4n) is 2.89. The minimum Gasteiger partial charge on any atom is -0.496 e. The number of hydrogen-bond acceptors (Lipinski definition) is 3. The van der Waals surface area contributed by atoms with Crippen molar-refractivity contribution >= 4 is 5.96 Å². The number of nitrogens with two attached hydrogens (primary N) is 1. The van der Waals surface area contributed by atoms with E-state index in [0.29, 0.717) is 18.5 Å². The highest BCUT2D eigenvalue weighted by atomic mass is 16.5. The molecular formula is C16H26N4O. The van der Waals surface area contributed by atoms with Crippen LogP contribution < -0.4 is 15.8 Å². The number of hydrogen-bond donors (Lipinski definition) is 2. The van der Waals surface area contributed by atoms with Crippen molar-refractivity contribution in [3.63, 3.8) is 0 Å². The van der Waals surface area contributed by atoms with Gasteiger partial charge in [0, 0.05) is 23.4 Å². The summed E-state index contributed by atoms with van der Waals surface area (Å²) in [5.41, 5.74) is 8.96. The van der Waals surface area contributed by atoms with Gasteiger partial charge in [-0.1, -0.05) is 19.3 Å². The Kier molecular flexibility index (Phi) is 5.42. The molecule has 1 heterocycles. The van der Waals surface area contributed by atoms with Crippen LogP contribution in [0.1, 0.15) is 48.9 Å². The minimum absolute atomic E-state index is 0.476. The number of ether oxygens (including phenoxy) is 1. The molecule has 5 heteroatoms. The van der Waals surface area contributed by atoms with Crippen molar-refractivity contribution in [2.24, 2.45) is 10.7 Å². The number of aromatic nitrogens is 1. The normalized spacial score (nSPS) is 16.8. The number of guanidine groups is 1. The number of nitrogens with zero attached hydrogens (tertiary/aromatic N) is 2. The van der Waals surface area contributed by atoms with Gasteiger partial charge in [0.1, 0.15) is 5.75 Å². The molecule has 0 amide bonds. The molecule has 1 aliphatic rings. The zero-order valence-electron chi connectivity index (χ0n) is 13.3. The molecular weight excluding hydrogens is 264 g/mol. The minimum atomic E-state index is 0.476. The van der Waals surface area contributed by atoms with Gasteiger partial charge in [-0.3, -0.25) is 4.98 Å². The molecule has 0 atom stereocenters. The molecule has 116 valence electrons. The van der Waals surface area contributed by atoms with Gasteiger partial charge in [-0.05, 0) is 26.7 Å². The summed E-state index contributed by atoms with van der Waals surface area (Å²) >= 11 is 0. The summed E-state index contributed by atoms with van der Waals surface area (Å²) in [5, 5.41) is 3.32. The number of pyridine rings is 1. The average molecular weight is 290 g/mol. The molecule has 3 N–H and O–H groups in total. The average Bonchev–Trinajstić information content (AvgIpc) is 2.48. The van der Waals surface area contributed by atoms with Gasteiger partial charge in [0.15, 0.2) is 5.96 Å². The van der Waals surface area contributed by atoms with Crippen LogP contribution >= 0.6 is 0 Å². The number of rotatable bonds is 4. The van der Waals surface area contributed by atoms with Gasteiger partial charge in [-0.15, -0.1) is 0 Å². The van der Waals surface area contributed by atoms with Crippen LogP contribution in [0.4, 0.5) is 0 Å². The van der Waals surface area contributed by atoms with Gasteiger partial charge < -0.3 is 15.8 Å². The lowest BCUT2D eigenvalue weighted by Gasteiger charge is -2.23. The van der Waals surface area contributed by atoms with Gasteiger partial charge >= 0.3 is 0 Å². The molecule has 21 heavy (non-hydrogen) atoms. The fraction of sp³-hybridized carbons (Fsp3) is 0.625. The Morgan fingerprint density at radius 2 is 2.10 bits per heavy atom. The van der Waals surface area contributed by atoms with Crippen molar-refractivity contribution in [1.82, 2.24) is 10.3 Å². The van der Waals surface area contributed by atoms with E-state index in [-0.39, 0.29) is 0 Å². The number of methoxy groups -OCH3 is 1. The zero-order chi connectivity index (χ0) is 15.2. The maximum atomic E-state index is 5.98. The summed E-state index contributed by atoms with van der Waals surface area (Å²) in [7, 11) is 1.68. The van der Waals surface area contributed by atoms with Crippen molar-refractivity contribution in [3.05, 3.63) is 23.0 Å². The Morgan fingerprint density at radius 3 is 2.76 bits per heavy atom. The smallest absolute Gasteiger partial charge is 0.189 e. The van der Waals surface area contributed by atoms with Gasteiger partial charge in [0.05, 0.1) is 19.3 Å². The molecule has 0 unspecified atom stereocenters. The van der Waals surface area contributed by atoms with Crippen LogP contribution in [0.2, 0.25) is 0 Å². The molecule has 1 aromatic rings. The lowest BCUT2D eigenvalue weighted by Crippen LogP contribution is -2.41. The maximum Gasteiger partial charge on any atom is 0.189 e. The Labute approximate surface area is 127 Å². The van der Waals surface area contributed by atoms with Crippen molar-refractivity contribution in [3.8, 4) is 5.75 Å². The van der Waals surface area contributed by atoms with E-state index in [0.717, 1.165) is 22.6 Å². The van der Waals surface area contributed by atoms with E-state index in [2.05, 4.69) is 15.3 Å². The van der Waals surface area contributed by atoms with Crippen LogP contribution in [0.15, 0.2) is 11.2 Å². The van der Waals surface area contributed by atoms with Crippen LogP contribution in [0, 0.1) is 13.8 Å². The first-order valence-corrected chi connectivity index (χ1v) is 7.67. The van der Waals surface area contributed by atoms with E-state index < -0.39 is 0 Å². The van der Waals surface area contributed by atoms with Crippen LogP contribution in [-0.4, -0.2) is 24.1 Å². The van der Waals surface area contributed by atoms with Crippen molar-refractivity contribution in [2.75, 3.05) is 7.11 Å². The SMILES string of the molecule is COc1c(C)cnc(CN=C(N)NC2CCCCC2)c1C. The summed E-state index contributed by atoms with van der Waals surface area (Å²) in [4.78, 5) is 8.85. The molecule has 0 aliphatic heterocycles. The number of aliphatic imine (C=N–C) groups is 1. The largest absolute Gasteiger partial charge is 0.496 e. The molecule has 1 aromatic heterocycles. The van der Waals surface area contributed by atoms with Gasteiger partial charge in [-0.25, -0.2) is 4.99 Å². The van der Waals surface area contributed by atoms with Gasteiger partial charge in [0.25, 0.3) is 0 Å². The summed E-state index contributed by atoms with van der Waals surface area (Å²) in [6.07, 6.45) is 8.09. The monoisotopic (exact) mass is 290 g/mol. The predicted molar refractivity (Wildman–Crippen MR) is 85.6 cm³/mol. The Balaban J connectivity index is 1.99. The third kappa shape index (κ3) is 4.09. The third-order valence-electron chi connectivity index (χ3n) is 4.11. The highest BCUT2D eigenvalue weighted by Crippen LogP contribution is 2.24. The highest BCUT2D eigenvalue weighted by Gasteiger charge is 2.13. The summed E-state index contributed by atoms with van der Waals surface area (Å²) < 4.78 is 5.41. The number of nitrogens with one attached hydrogen (secondary N) is 1. The first-order valence-electron chi connectivity index (χ1n) is 7.67. The van der Waals surface area contributed by atoms with E-state index in [9.17, 15) is 0 Å².